The van der Waals surface area contributed by atoms with Crippen molar-refractivity contribution in [1.82, 2.24) is 0 Å². The predicted octanol–water partition coefficient (Wildman–Crippen LogP) is 12.6. The number of fused-ring (bicyclic) bond motifs is 5. The van der Waals surface area contributed by atoms with E-state index in [-0.39, 0.29) is 35.3 Å². The van der Waals surface area contributed by atoms with E-state index in [2.05, 4.69) is 0 Å². The van der Waals surface area contributed by atoms with Crippen LogP contribution >= 0.6 is 0 Å². The first kappa shape index (κ1) is 17.4. The summed E-state index contributed by atoms with van der Waals surface area (Å²) < 4.78 is 91.8. The molecule has 0 unspecified atom stereocenters. The fourth-order valence-corrected chi connectivity index (χ4v) is 6.68. The molecule has 1 aromatic heterocycles. The fourth-order valence-electron chi connectivity index (χ4n) is 6.68. The van der Waals surface area contributed by atoms with Gasteiger partial charge in [-0.25, -0.2) is 0 Å². The molecule has 0 bridgehead atoms. The number of benzene rings is 8. The summed E-state index contributed by atoms with van der Waals surface area (Å²) in [4.78, 5) is 0. The Morgan fingerprint density at radius 2 is 0.756 bits per heavy atom. The van der Waals surface area contributed by atoms with Gasteiger partial charge in [0.15, 0.2) is 0 Å². The van der Waals surface area contributed by atoms with Gasteiger partial charge in [-0.15, -0.1) is 0 Å². The third kappa shape index (κ3) is 4.02. The van der Waals surface area contributed by atoms with Gasteiger partial charge >= 0.3 is 0 Å². The van der Waals surface area contributed by atoms with Crippen molar-refractivity contribution in [2.24, 2.45) is 0 Å². The first-order valence-corrected chi connectivity index (χ1v) is 14.6. The van der Waals surface area contributed by atoms with E-state index in [0.29, 0.717) is 33.2 Å². The van der Waals surface area contributed by atoms with Gasteiger partial charge < -0.3 is 4.42 Å². The molecule has 0 aliphatic heterocycles. The van der Waals surface area contributed by atoms with Gasteiger partial charge in [-0.05, 0) is 78.2 Å². The van der Waals surface area contributed by atoms with Gasteiger partial charge in [0.25, 0.3) is 0 Å². The molecule has 1 heteroatoms. The Kier molecular flexibility index (Phi) is 4.01. The molecule has 0 radical (unpaired) electrons. The normalized spacial score (nSPS) is 14.7. The van der Waals surface area contributed by atoms with Gasteiger partial charge in [0.2, 0.25) is 0 Å². The van der Waals surface area contributed by atoms with Gasteiger partial charge in [0.05, 0.1) is 13.7 Å². The van der Waals surface area contributed by atoms with Crippen molar-refractivity contribution in [1.29, 1.82) is 0 Å². The molecule has 8 aromatic carbocycles. The topological polar surface area (TPSA) is 13.1 Å². The van der Waals surface area contributed by atoms with Crippen molar-refractivity contribution >= 4 is 43.5 Å². The Morgan fingerprint density at radius 1 is 0.356 bits per heavy atom. The lowest BCUT2D eigenvalue weighted by Crippen LogP contribution is -1.93. The lowest BCUT2D eigenvalue weighted by molar-refractivity contribution is 0.669. The van der Waals surface area contributed by atoms with Crippen molar-refractivity contribution in [3.05, 3.63) is 170 Å². The summed E-state index contributed by atoms with van der Waals surface area (Å²) in [6.07, 6.45) is 0. The molecule has 0 amide bonds. The average Bonchev–Trinajstić information content (AvgIpc) is 3.60. The third-order valence-electron chi connectivity index (χ3n) is 8.46. The molecular formula is C44H28O. The summed E-state index contributed by atoms with van der Waals surface area (Å²) in [5.41, 5.74) is 5.48. The van der Waals surface area contributed by atoms with E-state index in [4.69, 9.17) is 18.1 Å². The lowest BCUT2D eigenvalue weighted by Gasteiger charge is -2.20. The molecule has 0 saturated heterocycles. The van der Waals surface area contributed by atoms with E-state index in [1.165, 1.54) is 0 Å². The summed E-state index contributed by atoms with van der Waals surface area (Å²) in [6, 6.07) is 30.7. The summed E-state index contributed by atoms with van der Waals surface area (Å²) in [5.74, 6) is 0. The standard InChI is InChI=1S/C44H28O/c1-3-15-29(16-4-1)31-19-7-8-20-33(31)41-34-21-9-11-23-36(34)42(37-24-12-10-22-35(37)41)38-26-14-28-40-44(38)43-32(25-13-27-39(43)45-40)30-17-5-2-6-18-30/h1-28H/i1D,2D,3D,4D,5D,6D,15D,16D,17D,18D. The highest BCUT2D eigenvalue weighted by molar-refractivity contribution is 6.27. The maximum Gasteiger partial charge on any atom is 0.136 e. The zero-order chi connectivity index (χ0) is 38.4. The van der Waals surface area contributed by atoms with Crippen LogP contribution in [0.25, 0.3) is 88.0 Å². The molecule has 0 saturated carbocycles. The summed E-state index contributed by atoms with van der Waals surface area (Å²) in [5, 5.41) is 4.85. The van der Waals surface area contributed by atoms with Crippen molar-refractivity contribution in [3.63, 3.8) is 0 Å². The summed E-state index contributed by atoms with van der Waals surface area (Å²) in [6.45, 7) is 0. The van der Waals surface area contributed by atoms with E-state index in [1.807, 2.05) is 84.9 Å². The lowest BCUT2D eigenvalue weighted by atomic mass is 9.83. The van der Waals surface area contributed by atoms with Crippen LogP contribution in [0, 0.1) is 0 Å². The first-order valence-electron chi connectivity index (χ1n) is 19.6. The molecule has 0 N–H and O–H groups in total. The van der Waals surface area contributed by atoms with Crippen LogP contribution in [0.15, 0.2) is 174 Å². The van der Waals surface area contributed by atoms with Crippen LogP contribution < -0.4 is 0 Å². The molecule has 0 aliphatic rings. The highest BCUT2D eigenvalue weighted by Gasteiger charge is 2.22. The molecule has 1 heterocycles. The maximum absolute atomic E-state index is 8.84. The van der Waals surface area contributed by atoms with Crippen molar-refractivity contribution in [2.75, 3.05) is 0 Å². The Labute approximate surface area is 275 Å². The van der Waals surface area contributed by atoms with Crippen LogP contribution in [0.1, 0.15) is 13.7 Å². The zero-order valence-corrected chi connectivity index (χ0v) is 23.8. The highest BCUT2D eigenvalue weighted by Crippen LogP contribution is 2.49. The quantitative estimate of drug-likeness (QED) is 0.188. The van der Waals surface area contributed by atoms with Crippen LogP contribution in [0.5, 0.6) is 0 Å². The molecule has 0 atom stereocenters. The van der Waals surface area contributed by atoms with Crippen LogP contribution in [0.2, 0.25) is 0 Å². The fraction of sp³-hybridized carbons (Fsp3) is 0. The van der Waals surface area contributed by atoms with Crippen LogP contribution in [0.4, 0.5) is 0 Å². The van der Waals surface area contributed by atoms with Gasteiger partial charge in [0.1, 0.15) is 11.2 Å². The second kappa shape index (κ2) is 10.4. The van der Waals surface area contributed by atoms with Crippen molar-refractivity contribution < 1.29 is 18.1 Å². The average molecular weight is 583 g/mol. The number of hydrogen-bond acceptors (Lipinski definition) is 1. The summed E-state index contributed by atoms with van der Waals surface area (Å²) in [7, 11) is 0. The summed E-state index contributed by atoms with van der Waals surface area (Å²) >= 11 is 0. The van der Waals surface area contributed by atoms with Crippen molar-refractivity contribution in [2.45, 2.75) is 0 Å². The third-order valence-corrected chi connectivity index (χ3v) is 8.46. The van der Waals surface area contributed by atoms with Crippen LogP contribution in [-0.2, 0) is 0 Å². The Bertz CT molecular complexity index is 3000. The maximum atomic E-state index is 8.84. The number of furan rings is 1. The van der Waals surface area contributed by atoms with E-state index in [9.17, 15) is 0 Å². The van der Waals surface area contributed by atoms with Gasteiger partial charge in [0, 0.05) is 10.8 Å². The highest BCUT2D eigenvalue weighted by atomic mass is 16.3. The molecule has 9 aromatic rings. The number of rotatable bonds is 4. The molecule has 9 rings (SSSR count). The van der Waals surface area contributed by atoms with Crippen molar-refractivity contribution in [3.8, 4) is 44.5 Å². The molecule has 1 nitrogen and oxygen atoms in total. The Hall–Kier alpha value is -5.92. The van der Waals surface area contributed by atoms with Gasteiger partial charge in [-0.1, -0.05) is 157 Å². The predicted molar refractivity (Wildman–Crippen MR) is 190 cm³/mol. The largest absolute Gasteiger partial charge is 0.456 e. The molecule has 0 aliphatic carbocycles. The van der Waals surface area contributed by atoms with Gasteiger partial charge in [-0.3, -0.25) is 0 Å². The minimum Gasteiger partial charge on any atom is -0.456 e. The first-order chi connectivity index (χ1) is 26.5. The minimum atomic E-state index is -0.463. The minimum absolute atomic E-state index is 0.0865. The SMILES string of the molecule is [2H]c1c([2H])c([2H])c(-c2ccccc2-c2c3ccccc3c(-c3cccc4oc5cccc(-c6c([2H])c([2H])c([2H])c([2H])c6[2H])c5c34)c3ccccc23)c([2H])c1[2H]. The molecule has 0 spiro atoms. The number of hydrogen-bond donors (Lipinski definition) is 0. The second-order valence-electron chi connectivity index (χ2n) is 10.8. The molecule has 45 heavy (non-hydrogen) atoms. The smallest absolute Gasteiger partial charge is 0.136 e. The zero-order valence-electron chi connectivity index (χ0n) is 33.8. The monoisotopic (exact) mass is 582 g/mol. The second-order valence-corrected chi connectivity index (χ2v) is 10.8. The Balaban J connectivity index is 1.41. The molecule has 210 valence electrons. The van der Waals surface area contributed by atoms with Crippen LogP contribution in [-0.4, -0.2) is 0 Å². The van der Waals surface area contributed by atoms with Gasteiger partial charge in [-0.2, -0.15) is 0 Å². The molecule has 0 fully saturated rings. The van der Waals surface area contributed by atoms with E-state index in [1.54, 1.807) is 24.3 Å². The van der Waals surface area contributed by atoms with E-state index in [0.717, 1.165) is 43.6 Å². The molecular weight excluding hydrogens is 544 g/mol. The van der Waals surface area contributed by atoms with Crippen LogP contribution in [0.3, 0.4) is 0 Å². The van der Waals surface area contributed by atoms with E-state index >= 15 is 0 Å². The van der Waals surface area contributed by atoms with E-state index < -0.39 is 36.3 Å². The Morgan fingerprint density at radius 3 is 1.31 bits per heavy atom.